The highest BCUT2D eigenvalue weighted by molar-refractivity contribution is 5.94. The number of carbonyl (C=O) groups is 1. The summed E-state index contributed by atoms with van der Waals surface area (Å²) in [6.07, 6.45) is 1.03. The molecule has 5 nitrogen and oxygen atoms in total. The zero-order valence-corrected chi connectivity index (χ0v) is 11.9. The van der Waals surface area contributed by atoms with Crippen molar-refractivity contribution < 1.29 is 14.3 Å². The molecule has 0 radical (unpaired) electrons. The number of hydrogen-bond donors (Lipinski definition) is 2. The molecule has 1 unspecified atom stereocenters. The van der Waals surface area contributed by atoms with E-state index in [0.29, 0.717) is 31.9 Å². The molecule has 0 saturated carbocycles. The monoisotopic (exact) mass is 278 g/mol. The summed E-state index contributed by atoms with van der Waals surface area (Å²) in [5.74, 6) is -0.0822. The average molecular weight is 278 g/mol. The molecule has 20 heavy (non-hydrogen) atoms. The van der Waals surface area contributed by atoms with Crippen LogP contribution >= 0.6 is 0 Å². The van der Waals surface area contributed by atoms with Crippen molar-refractivity contribution in [3.8, 4) is 0 Å². The Kier molecular flexibility index (Phi) is 5.83. The first kappa shape index (κ1) is 14.8. The molecule has 0 bridgehead atoms. The van der Waals surface area contributed by atoms with Gasteiger partial charge in [0, 0.05) is 24.3 Å². The van der Waals surface area contributed by atoms with Crippen LogP contribution in [0.15, 0.2) is 24.3 Å². The lowest BCUT2D eigenvalue weighted by Crippen LogP contribution is -2.39. The van der Waals surface area contributed by atoms with Gasteiger partial charge in [-0.3, -0.25) is 4.79 Å². The highest BCUT2D eigenvalue weighted by Gasteiger charge is 2.15. The number of ether oxygens (including phenoxy) is 2. The lowest BCUT2D eigenvalue weighted by atomic mass is 10.2. The minimum absolute atomic E-state index is 0.0433. The van der Waals surface area contributed by atoms with Crippen LogP contribution in [0.5, 0.6) is 0 Å². The van der Waals surface area contributed by atoms with E-state index >= 15 is 0 Å². The van der Waals surface area contributed by atoms with Crippen LogP contribution < -0.4 is 10.6 Å². The van der Waals surface area contributed by atoms with Gasteiger partial charge in [0.05, 0.1) is 25.9 Å². The summed E-state index contributed by atoms with van der Waals surface area (Å²) < 4.78 is 10.8. The Morgan fingerprint density at radius 2 is 2.10 bits per heavy atom. The molecule has 1 aliphatic rings. The average Bonchev–Trinajstić information content (AvgIpc) is 2.52. The fourth-order valence-corrected chi connectivity index (χ4v) is 1.97. The van der Waals surface area contributed by atoms with Gasteiger partial charge in [0.1, 0.15) is 0 Å². The molecule has 1 atom stereocenters. The largest absolute Gasteiger partial charge is 0.385 e. The lowest BCUT2D eigenvalue weighted by molar-refractivity contribution is -0.0855. The van der Waals surface area contributed by atoms with E-state index in [-0.39, 0.29) is 12.0 Å². The van der Waals surface area contributed by atoms with Crippen molar-refractivity contribution >= 4 is 11.6 Å². The van der Waals surface area contributed by atoms with E-state index in [9.17, 15) is 4.79 Å². The van der Waals surface area contributed by atoms with Crippen LogP contribution in [0.25, 0.3) is 0 Å². The van der Waals surface area contributed by atoms with Gasteiger partial charge in [0.15, 0.2) is 0 Å². The third kappa shape index (κ3) is 4.51. The highest BCUT2D eigenvalue weighted by atomic mass is 16.6. The smallest absolute Gasteiger partial charge is 0.251 e. The minimum atomic E-state index is -0.0822. The maximum atomic E-state index is 12.0. The summed E-state index contributed by atoms with van der Waals surface area (Å²) in [5, 5.41) is 6.14. The molecular weight excluding hydrogens is 256 g/mol. The molecule has 1 aromatic carbocycles. The lowest BCUT2D eigenvalue weighted by Gasteiger charge is -2.23. The molecule has 1 aliphatic heterocycles. The Labute approximate surface area is 119 Å². The molecule has 5 heteroatoms. The van der Waals surface area contributed by atoms with E-state index in [1.165, 1.54) is 0 Å². The molecule has 2 rings (SSSR count). The third-order valence-electron chi connectivity index (χ3n) is 3.10. The summed E-state index contributed by atoms with van der Waals surface area (Å²) >= 11 is 0. The summed E-state index contributed by atoms with van der Waals surface area (Å²) in [6.45, 7) is 5.31. The number of amides is 1. The maximum Gasteiger partial charge on any atom is 0.251 e. The molecule has 1 amide bonds. The van der Waals surface area contributed by atoms with Crippen LogP contribution in [0.3, 0.4) is 0 Å². The van der Waals surface area contributed by atoms with Gasteiger partial charge < -0.3 is 20.1 Å². The minimum Gasteiger partial charge on any atom is -0.385 e. The second-order valence-corrected chi connectivity index (χ2v) is 4.78. The maximum absolute atomic E-state index is 12.0. The van der Waals surface area contributed by atoms with Crippen molar-refractivity contribution in [1.29, 1.82) is 0 Å². The van der Waals surface area contributed by atoms with E-state index in [0.717, 1.165) is 18.7 Å². The first-order chi connectivity index (χ1) is 9.79. The molecule has 1 aromatic rings. The van der Waals surface area contributed by atoms with Crippen molar-refractivity contribution in [3.05, 3.63) is 29.8 Å². The summed E-state index contributed by atoms with van der Waals surface area (Å²) in [7, 11) is 0. The molecule has 1 fully saturated rings. The van der Waals surface area contributed by atoms with Gasteiger partial charge in [-0.15, -0.1) is 0 Å². The third-order valence-corrected chi connectivity index (χ3v) is 3.10. The van der Waals surface area contributed by atoms with Gasteiger partial charge in [-0.25, -0.2) is 0 Å². The van der Waals surface area contributed by atoms with Crippen LogP contribution in [-0.2, 0) is 9.47 Å². The van der Waals surface area contributed by atoms with Gasteiger partial charge >= 0.3 is 0 Å². The number of rotatable bonds is 6. The van der Waals surface area contributed by atoms with E-state index in [1.807, 2.05) is 24.3 Å². The second-order valence-electron chi connectivity index (χ2n) is 4.78. The Morgan fingerprint density at radius 1 is 1.30 bits per heavy atom. The van der Waals surface area contributed by atoms with Gasteiger partial charge in [0.25, 0.3) is 5.91 Å². The number of anilines is 1. The zero-order valence-electron chi connectivity index (χ0n) is 11.9. The van der Waals surface area contributed by atoms with E-state index in [4.69, 9.17) is 9.47 Å². The van der Waals surface area contributed by atoms with Crippen molar-refractivity contribution in [2.45, 2.75) is 19.4 Å². The normalized spacial score (nSPS) is 18.6. The van der Waals surface area contributed by atoms with Gasteiger partial charge in [-0.05, 0) is 30.7 Å². The van der Waals surface area contributed by atoms with Gasteiger partial charge in [-0.2, -0.15) is 0 Å². The van der Waals surface area contributed by atoms with E-state index in [1.54, 1.807) is 0 Å². The van der Waals surface area contributed by atoms with Crippen molar-refractivity contribution in [2.75, 3.05) is 38.2 Å². The number of carbonyl (C=O) groups excluding carboxylic acids is 1. The predicted octanol–water partition coefficient (Wildman–Crippen LogP) is 1.65. The molecule has 0 spiro atoms. The number of nitrogens with one attached hydrogen (secondary N) is 2. The standard InChI is InChI=1S/C15H22N2O3/c1-2-7-16-13-5-3-12(4-6-13)15(18)17-10-14-11-19-8-9-20-14/h3-6,14,16H,2,7-11H2,1H3,(H,17,18). The van der Waals surface area contributed by atoms with Crippen molar-refractivity contribution in [1.82, 2.24) is 5.32 Å². The Hall–Kier alpha value is -1.59. The van der Waals surface area contributed by atoms with Crippen LogP contribution in [-0.4, -0.2) is 44.9 Å². The fraction of sp³-hybridized carbons (Fsp3) is 0.533. The van der Waals surface area contributed by atoms with Crippen LogP contribution in [0, 0.1) is 0 Å². The van der Waals surface area contributed by atoms with Crippen LogP contribution in [0.1, 0.15) is 23.7 Å². The first-order valence-corrected chi connectivity index (χ1v) is 7.11. The first-order valence-electron chi connectivity index (χ1n) is 7.11. The molecule has 0 aliphatic carbocycles. The molecular formula is C15H22N2O3. The zero-order chi connectivity index (χ0) is 14.2. The highest BCUT2D eigenvalue weighted by Crippen LogP contribution is 2.09. The second kappa shape index (κ2) is 7.87. The van der Waals surface area contributed by atoms with Gasteiger partial charge in [-0.1, -0.05) is 6.92 Å². The van der Waals surface area contributed by atoms with Crippen LogP contribution in [0.4, 0.5) is 5.69 Å². The van der Waals surface area contributed by atoms with Crippen molar-refractivity contribution in [3.63, 3.8) is 0 Å². The molecule has 2 N–H and O–H groups in total. The molecule has 1 saturated heterocycles. The summed E-state index contributed by atoms with van der Waals surface area (Å²) in [6, 6.07) is 7.49. The van der Waals surface area contributed by atoms with Gasteiger partial charge in [0.2, 0.25) is 0 Å². The SMILES string of the molecule is CCCNc1ccc(C(=O)NCC2COCCO2)cc1. The van der Waals surface area contributed by atoms with E-state index < -0.39 is 0 Å². The quantitative estimate of drug-likeness (QED) is 0.831. The Bertz CT molecular complexity index is 414. The Balaban J connectivity index is 1.79. The number of hydrogen-bond acceptors (Lipinski definition) is 4. The topological polar surface area (TPSA) is 59.6 Å². The van der Waals surface area contributed by atoms with Crippen LogP contribution in [0.2, 0.25) is 0 Å². The predicted molar refractivity (Wildman–Crippen MR) is 78.1 cm³/mol. The molecule has 0 aromatic heterocycles. The molecule has 1 heterocycles. The molecule has 110 valence electrons. The van der Waals surface area contributed by atoms with E-state index in [2.05, 4.69) is 17.6 Å². The van der Waals surface area contributed by atoms with Crippen molar-refractivity contribution in [2.24, 2.45) is 0 Å². The summed E-state index contributed by atoms with van der Waals surface area (Å²) in [4.78, 5) is 12.0. The number of benzene rings is 1. The summed E-state index contributed by atoms with van der Waals surface area (Å²) in [5.41, 5.74) is 1.69. The fourth-order valence-electron chi connectivity index (χ4n) is 1.97. The Morgan fingerprint density at radius 3 is 2.75 bits per heavy atom.